The molecule has 0 saturated heterocycles. The Balaban J connectivity index is 1.44. The van der Waals surface area contributed by atoms with Crippen LogP contribution in [0.1, 0.15) is 29.2 Å². The van der Waals surface area contributed by atoms with Gasteiger partial charge in [-0.25, -0.2) is 9.67 Å². The number of aromatic nitrogens is 4. The van der Waals surface area contributed by atoms with Crippen LogP contribution in [0.5, 0.6) is 0 Å². The summed E-state index contributed by atoms with van der Waals surface area (Å²) in [5.74, 6) is 0.430. The molecule has 4 aromatic rings. The van der Waals surface area contributed by atoms with Crippen molar-refractivity contribution in [3.05, 3.63) is 74.7 Å². The van der Waals surface area contributed by atoms with E-state index in [9.17, 15) is 9.59 Å². The van der Waals surface area contributed by atoms with Gasteiger partial charge < -0.3 is 5.32 Å². The van der Waals surface area contributed by atoms with Crippen molar-refractivity contribution in [2.45, 2.75) is 38.4 Å². The summed E-state index contributed by atoms with van der Waals surface area (Å²) in [7, 11) is 0. The predicted molar refractivity (Wildman–Crippen MR) is 132 cm³/mol. The summed E-state index contributed by atoms with van der Waals surface area (Å²) >= 11 is 7.64. The zero-order valence-corrected chi connectivity index (χ0v) is 20.0. The lowest BCUT2D eigenvalue weighted by Crippen LogP contribution is -2.27. The highest BCUT2D eigenvalue weighted by molar-refractivity contribution is 7.99. The van der Waals surface area contributed by atoms with Crippen molar-refractivity contribution in [1.82, 2.24) is 19.3 Å². The van der Waals surface area contributed by atoms with Gasteiger partial charge in [0.1, 0.15) is 5.39 Å². The molecule has 9 heteroatoms. The van der Waals surface area contributed by atoms with Crippen LogP contribution in [0.4, 0.5) is 5.69 Å². The average molecular weight is 480 g/mol. The standard InChI is InChI=1S/C24H22ClN5O2S/c1-13-5-7-17(8-15(13)3)30-22-19(11-26-30)23(32)29-18(12-33-24(29)28-22)10-21(31)27-16-6-4-14(2)20(25)9-16/h4-9,11,18H,10,12H2,1-3H3,(H,27,31). The highest BCUT2D eigenvalue weighted by atomic mass is 35.5. The zero-order chi connectivity index (χ0) is 23.3. The molecule has 0 radical (unpaired) electrons. The van der Waals surface area contributed by atoms with Crippen molar-refractivity contribution >= 4 is 46.0 Å². The van der Waals surface area contributed by atoms with Crippen molar-refractivity contribution in [2.75, 3.05) is 11.1 Å². The average Bonchev–Trinajstić information content (AvgIpc) is 3.38. The molecule has 1 amide bonds. The second kappa shape index (κ2) is 8.35. The maximum absolute atomic E-state index is 13.3. The molecule has 33 heavy (non-hydrogen) atoms. The van der Waals surface area contributed by atoms with Gasteiger partial charge in [0.05, 0.1) is 17.9 Å². The molecule has 0 aliphatic carbocycles. The largest absolute Gasteiger partial charge is 0.326 e. The van der Waals surface area contributed by atoms with Crippen LogP contribution in [-0.2, 0) is 4.79 Å². The summed E-state index contributed by atoms with van der Waals surface area (Å²) in [6, 6.07) is 11.2. The minimum atomic E-state index is -0.278. The third-order valence-electron chi connectivity index (χ3n) is 5.98. The molecule has 0 bridgehead atoms. The smallest absolute Gasteiger partial charge is 0.265 e. The molecular weight excluding hydrogens is 458 g/mol. The molecule has 0 spiro atoms. The molecule has 1 unspecified atom stereocenters. The van der Waals surface area contributed by atoms with E-state index in [-0.39, 0.29) is 23.9 Å². The molecule has 1 aliphatic heterocycles. The Hall–Kier alpha value is -3.10. The highest BCUT2D eigenvalue weighted by Gasteiger charge is 2.29. The Morgan fingerprint density at radius 2 is 1.94 bits per heavy atom. The van der Waals surface area contributed by atoms with Gasteiger partial charge >= 0.3 is 0 Å². The van der Waals surface area contributed by atoms with Crippen molar-refractivity contribution in [2.24, 2.45) is 0 Å². The van der Waals surface area contributed by atoms with Crippen LogP contribution in [0.25, 0.3) is 16.7 Å². The monoisotopic (exact) mass is 479 g/mol. The molecule has 2 aromatic carbocycles. The fraction of sp³-hybridized carbons (Fsp3) is 0.250. The van der Waals surface area contributed by atoms with Gasteiger partial charge in [-0.3, -0.25) is 14.2 Å². The normalized spacial score (nSPS) is 15.1. The zero-order valence-electron chi connectivity index (χ0n) is 18.4. The number of hydrogen-bond donors (Lipinski definition) is 1. The first-order valence-electron chi connectivity index (χ1n) is 10.6. The van der Waals surface area contributed by atoms with Gasteiger partial charge in [0.2, 0.25) is 5.91 Å². The van der Waals surface area contributed by atoms with E-state index >= 15 is 0 Å². The fourth-order valence-electron chi connectivity index (χ4n) is 3.92. The van der Waals surface area contributed by atoms with Gasteiger partial charge in [0, 0.05) is 22.9 Å². The molecule has 7 nitrogen and oxygen atoms in total. The third-order valence-corrected chi connectivity index (χ3v) is 7.49. The van der Waals surface area contributed by atoms with Gasteiger partial charge in [-0.1, -0.05) is 35.5 Å². The Kier molecular flexibility index (Phi) is 5.50. The van der Waals surface area contributed by atoms with Crippen LogP contribution >= 0.6 is 23.4 Å². The minimum absolute atomic E-state index is 0.171. The number of halogens is 1. The molecule has 0 fully saturated rings. The maximum atomic E-state index is 13.3. The Labute approximate surface area is 199 Å². The van der Waals surface area contributed by atoms with Crippen molar-refractivity contribution in [3.8, 4) is 5.69 Å². The summed E-state index contributed by atoms with van der Waals surface area (Å²) in [5, 5.41) is 8.95. The number of nitrogens with zero attached hydrogens (tertiary/aromatic N) is 4. The first-order chi connectivity index (χ1) is 15.8. The molecule has 168 valence electrons. The van der Waals surface area contributed by atoms with Crippen LogP contribution in [0.3, 0.4) is 0 Å². The molecular formula is C24H22ClN5O2S. The van der Waals surface area contributed by atoms with Crippen LogP contribution in [-0.4, -0.2) is 31.0 Å². The molecule has 2 aromatic heterocycles. The first-order valence-corrected chi connectivity index (χ1v) is 11.9. The molecule has 1 aliphatic rings. The quantitative estimate of drug-likeness (QED) is 0.424. The molecule has 0 saturated carbocycles. The number of nitrogens with one attached hydrogen (secondary N) is 1. The number of thioether (sulfide) groups is 1. The number of fused-ring (bicyclic) bond motifs is 2. The molecule has 1 atom stereocenters. The van der Waals surface area contributed by atoms with Crippen molar-refractivity contribution in [1.29, 1.82) is 0 Å². The van der Waals surface area contributed by atoms with E-state index in [2.05, 4.69) is 17.3 Å². The highest BCUT2D eigenvalue weighted by Crippen LogP contribution is 2.34. The van der Waals surface area contributed by atoms with E-state index in [1.54, 1.807) is 21.5 Å². The van der Waals surface area contributed by atoms with Crippen molar-refractivity contribution < 1.29 is 4.79 Å². The Bertz CT molecular complexity index is 1480. The number of carbonyl (C=O) groups is 1. The van der Waals surface area contributed by atoms with E-state index in [0.717, 1.165) is 16.8 Å². The van der Waals surface area contributed by atoms with E-state index in [4.69, 9.17) is 16.6 Å². The predicted octanol–water partition coefficient (Wildman–Crippen LogP) is 4.84. The summed E-state index contributed by atoms with van der Waals surface area (Å²) in [5.41, 5.74) is 5.13. The Morgan fingerprint density at radius 1 is 1.15 bits per heavy atom. The van der Waals surface area contributed by atoms with Crippen LogP contribution in [0, 0.1) is 20.8 Å². The summed E-state index contributed by atoms with van der Waals surface area (Å²) in [6.07, 6.45) is 1.73. The lowest BCUT2D eigenvalue weighted by molar-refractivity contribution is -0.116. The number of anilines is 1. The second-order valence-corrected chi connectivity index (χ2v) is 9.71. The number of carbonyl (C=O) groups excluding carboxylic acids is 1. The lowest BCUT2D eigenvalue weighted by atomic mass is 10.1. The summed E-state index contributed by atoms with van der Waals surface area (Å²) < 4.78 is 3.33. The first kappa shape index (κ1) is 21.7. The minimum Gasteiger partial charge on any atom is -0.326 e. The van der Waals surface area contributed by atoms with Gasteiger partial charge in [0.15, 0.2) is 10.8 Å². The topological polar surface area (TPSA) is 81.8 Å². The van der Waals surface area contributed by atoms with E-state index in [1.807, 2.05) is 44.2 Å². The Morgan fingerprint density at radius 3 is 2.70 bits per heavy atom. The van der Waals surface area contributed by atoms with Crippen molar-refractivity contribution in [3.63, 3.8) is 0 Å². The third kappa shape index (κ3) is 3.94. The summed E-state index contributed by atoms with van der Waals surface area (Å²) in [4.78, 5) is 30.8. The van der Waals surface area contributed by atoms with Gasteiger partial charge in [0.25, 0.3) is 5.56 Å². The van der Waals surface area contributed by atoms with E-state index in [0.29, 0.717) is 32.7 Å². The van der Waals surface area contributed by atoms with Crippen LogP contribution < -0.4 is 10.9 Å². The number of aryl methyl sites for hydroxylation is 3. The maximum Gasteiger partial charge on any atom is 0.265 e. The lowest BCUT2D eigenvalue weighted by Gasteiger charge is -2.14. The second-order valence-electron chi connectivity index (χ2n) is 8.31. The fourth-order valence-corrected chi connectivity index (χ4v) is 5.23. The molecule has 1 N–H and O–H groups in total. The van der Waals surface area contributed by atoms with Gasteiger partial charge in [-0.05, 0) is 61.7 Å². The van der Waals surface area contributed by atoms with Gasteiger partial charge in [-0.15, -0.1) is 0 Å². The number of benzene rings is 2. The number of amides is 1. The number of hydrogen-bond acceptors (Lipinski definition) is 5. The number of rotatable bonds is 4. The molecule has 3 heterocycles. The van der Waals surface area contributed by atoms with Crippen LogP contribution in [0.15, 0.2) is 52.5 Å². The van der Waals surface area contributed by atoms with Gasteiger partial charge in [-0.2, -0.15) is 5.10 Å². The van der Waals surface area contributed by atoms with Crippen LogP contribution in [0.2, 0.25) is 5.02 Å². The molecule has 5 rings (SSSR count). The SMILES string of the molecule is Cc1ccc(-n2ncc3c(=O)n4c(nc32)SCC4CC(=O)Nc2ccc(C)c(Cl)c2)cc1C. The summed E-state index contributed by atoms with van der Waals surface area (Å²) in [6.45, 7) is 6.00. The van der Waals surface area contributed by atoms with E-state index in [1.165, 1.54) is 17.3 Å². The van der Waals surface area contributed by atoms with E-state index < -0.39 is 0 Å².